The van der Waals surface area contributed by atoms with Crippen LogP contribution in [0.4, 0.5) is 0 Å². The number of rotatable bonds is 1. The van der Waals surface area contributed by atoms with Crippen molar-refractivity contribution >= 4 is 0 Å². The van der Waals surface area contributed by atoms with Crippen LogP contribution in [-0.2, 0) is 0 Å². The normalized spacial score (nSPS) is 45.8. The zero-order chi connectivity index (χ0) is 8.48. The molecule has 0 aliphatic heterocycles. The SMILES string of the molecule is CC1CCC(C)(CO)C(C)C1. The minimum Gasteiger partial charge on any atom is -0.396 e. The van der Waals surface area contributed by atoms with Crippen molar-refractivity contribution in [1.29, 1.82) is 0 Å². The fourth-order valence-corrected chi connectivity index (χ4v) is 2.06. The van der Waals surface area contributed by atoms with Gasteiger partial charge < -0.3 is 5.11 Å². The van der Waals surface area contributed by atoms with Crippen LogP contribution in [0.1, 0.15) is 40.0 Å². The van der Waals surface area contributed by atoms with E-state index in [9.17, 15) is 5.11 Å². The maximum atomic E-state index is 9.21. The molecule has 0 heterocycles. The first kappa shape index (κ1) is 9.05. The predicted octanol–water partition coefficient (Wildman–Crippen LogP) is 2.44. The van der Waals surface area contributed by atoms with Gasteiger partial charge in [-0.2, -0.15) is 0 Å². The molecule has 0 saturated heterocycles. The van der Waals surface area contributed by atoms with Crippen LogP contribution in [0.15, 0.2) is 0 Å². The number of aliphatic hydroxyl groups is 1. The molecule has 1 aliphatic carbocycles. The Morgan fingerprint density at radius 2 is 2.09 bits per heavy atom. The van der Waals surface area contributed by atoms with Gasteiger partial charge in [-0.05, 0) is 30.1 Å². The molecule has 3 atom stereocenters. The highest BCUT2D eigenvalue weighted by Crippen LogP contribution is 2.42. The van der Waals surface area contributed by atoms with Gasteiger partial charge in [-0.25, -0.2) is 0 Å². The van der Waals surface area contributed by atoms with Crippen molar-refractivity contribution in [3.63, 3.8) is 0 Å². The van der Waals surface area contributed by atoms with Crippen molar-refractivity contribution in [2.75, 3.05) is 6.61 Å². The molecule has 0 spiro atoms. The molecule has 0 radical (unpaired) electrons. The van der Waals surface area contributed by atoms with Crippen molar-refractivity contribution in [1.82, 2.24) is 0 Å². The van der Waals surface area contributed by atoms with Crippen LogP contribution in [0.2, 0.25) is 0 Å². The highest BCUT2D eigenvalue weighted by molar-refractivity contribution is 4.85. The first-order chi connectivity index (χ1) is 5.08. The number of hydrogen-bond acceptors (Lipinski definition) is 1. The summed E-state index contributed by atoms with van der Waals surface area (Å²) in [5.74, 6) is 1.56. The molecule has 11 heavy (non-hydrogen) atoms. The molecule has 0 aromatic heterocycles. The fraction of sp³-hybridized carbons (Fsp3) is 1.00. The van der Waals surface area contributed by atoms with E-state index in [1.54, 1.807) is 0 Å². The van der Waals surface area contributed by atoms with Gasteiger partial charge in [0, 0.05) is 6.61 Å². The molecular weight excluding hydrogens is 136 g/mol. The van der Waals surface area contributed by atoms with Crippen LogP contribution in [0.5, 0.6) is 0 Å². The molecule has 1 saturated carbocycles. The molecule has 0 bridgehead atoms. The summed E-state index contributed by atoms with van der Waals surface area (Å²) in [4.78, 5) is 0. The molecule has 3 unspecified atom stereocenters. The fourth-order valence-electron chi connectivity index (χ4n) is 2.06. The van der Waals surface area contributed by atoms with E-state index in [4.69, 9.17) is 0 Å². The topological polar surface area (TPSA) is 20.2 Å². The van der Waals surface area contributed by atoms with Gasteiger partial charge >= 0.3 is 0 Å². The Bertz CT molecular complexity index is 133. The number of aliphatic hydroxyl groups excluding tert-OH is 1. The van der Waals surface area contributed by atoms with E-state index in [2.05, 4.69) is 20.8 Å². The van der Waals surface area contributed by atoms with Crippen molar-refractivity contribution in [3.05, 3.63) is 0 Å². The molecule has 1 nitrogen and oxygen atoms in total. The zero-order valence-corrected chi connectivity index (χ0v) is 7.93. The van der Waals surface area contributed by atoms with E-state index in [1.807, 2.05) is 0 Å². The third-order valence-electron chi connectivity index (χ3n) is 3.52. The summed E-state index contributed by atoms with van der Waals surface area (Å²) in [6.07, 6.45) is 3.78. The lowest BCUT2D eigenvalue weighted by Crippen LogP contribution is -2.34. The third kappa shape index (κ3) is 1.76. The monoisotopic (exact) mass is 156 g/mol. The molecule has 0 aromatic carbocycles. The third-order valence-corrected chi connectivity index (χ3v) is 3.52. The molecule has 1 fully saturated rings. The maximum absolute atomic E-state index is 9.21. The Kier molecular flexibility index (Phi) is 2.58. The molecule has 1 rings (SSSR count). The zero-order valence-electron chi connectivity index (χ0n) is 7.93. The van der Waals surface area contributed by atoms with Gasteiger partial charge in [-0.3, -0.25) is 0 Å². The van der Waals surface area contributed by atoms with Gasteiger partial charge in [0.15, 0.2) is 0 Å². The Hall–Kier alpha value is -0.0400. The highest BCUT2D eigenvalue weighted by Gasteiger charge is 2.35. The van der Waals surface area contributed by atoms with Crippen LogP contribution in [0, 0.1) is 17.3 Å². The second kappa shape index (κ2) is 3.14. The summed E-state index contributed by atoms with van der Waals surface area (Å²) in [7, 11) is 0. The standard InChI is InChI=1S/C10H20O/c1-8-4-5-10(3,7-11)9(2)6-8/h8-9,11H,4-7H2,1-3H3. The van der Waals surface area contributed by atoms with Crippen molar-refractivity contribution < 1.29 is 5.11 Å². The van der Waals surface area contributed by atoms with E-state index in [1.165, 1.54) is 19.3 Å². The van der Waals surface area contributed by atoms with Crippen LogP contribution in [0.3, 0.4) is 0 Å². The van der Waals surface area contributed by atoms with Crippen LogP contribution in [-0.4, -0.2) is 11.7 Å². The molecule has 0 aromatic rings. The quantitative estimate of drug-likeness (QED) is 0.618. The molecule has 1 aliphatic rings. The first-order valence-corrected chi connectivity index (χ1v) is 4.69. The highest BCUT2D eigenvalue weighted by atomic mass is 16.3. The first-order valence-electron chi connectivity index (χ1n) is 4.69. The second-order valence-electron chi connectivity index (χ2n) is 4.59. The van der Waals surface area contributed by atoms with Gasteiger partial charge in [0.2, 0.25) is 0 Å². The maximum Gasteiger partial charge on any atom is 0.0487 e. The molecule has 66 valence electrons. The van der Waals surface area contributed by atoms with E-state index < -0.39 is 0 Å². The summed E-state index contributed by atoms with van der Waals surface area (Å²) in [5, 5.41) is 9.21. The Morgan fingerprint density at radius 1 is 1.45 bits per heavy atom. The van der Waals surface area contributed by atoms with Crippen molar-refractivity contribution in [2.45, 2.75) is 40.0 Å². The second-order valence-corrected chi connectivity index (χ2v) is 4.59. The lowest BCUT2D eigenvalue weighted by molar-refractivity contribution is 0.0323. The lowest BCUT2D eigenvalue weighted by Gasteiger charge is -2.40. The largest absolute Gasteiger partial charge is 0.396 e. The minimum atomic E-state index is 0.215. The van der Waals surface area contributed by atoms with Gasteiger partial charge in [-0.15, -0.1) is 0 Å². The van der Waals surface area contributed by atoms with Crippen LogP contribution < -0.4 is 0 Å². The average Bonchev–Trinajstić information content (AvgIpc) is 1.98. The summed E-state index contributed by atoms with van der Waals surface area (Å²) >= 11 is 0. The van der Waals surface area contributed by atoms with Gasteiger partial charge in [0.05, 0.1) is 0 Å². The summed E-state index contributed by atoms with van der Waals surface area (Å²) in [6.45, 7) is 7.16. The van der Waals surface area contributed by atoms with Gasteiger partial charge in [0.1, 0.15) is 0 Å². The smallest absolute Gasteiger partial charge is 0.0487 e. The molecular formula is C10H20O. The summed E-state index contributed by atoms with van der Waals surface area (Å²) in [5.41, 5.74) is 0.215. The van der Waals surface area contributed by atoms with Crippen molar-refractivity contribution in [2.24, 2.45) is 17.3 Å². The van der Waals surface area contributed by atoms with E-state index in [-0.39, 0.29) is 5.41 Å². The van der Waals surface area contributed by atoms with Crippen LogP contribution >= 0.6 is 0 Å². The molecule has 1 N–H and O–H groups in total. The Labute approximate surface area is 69.8 Å². The van der Waals surface area contributed by atoms with Crippen molar-refractivity contribution in [3.8, 4) is 0 Å². The number of hydrogen-bond donors (Lipinski definition) is 1. The van der Waals surface area contributed by atoms with Gasteiger partial charge in [-0.1, -0.05) is 27.2 Å². The minimum absolute atomic E-state index is 0.215. The Balaban J connectivity index is 2.56. The summed E-state index contributed by atoms with van der Waals surface area (Å²) in [6, 6.07) is 0. The summed E-state index contributed by atoms with van der Waals surface area (Å²) < 4.78 is 0. The van der Waals surface area contributed by atoms with Crippen LogP contribution in [0.25, 0.3) is 0 Å². The van der Waals surface area contributed by atoms with Gasteiger partial charge in [0.25, 0.3) is 0 Å². The Morgan fingerprint density at radius 3 is 2.55 bits per heavy atom. The van der Waals surface area contributed by atoms with E-state index in [0.29, 0.717) is 12.5 Å². The molecule has 0 amide bonds. The van der Waals surface area contributed by atoms with E-state index in [0.717, 1.165) is 5.92 Å². The van der Waals surface area contributed by atoms with E-state index >= 15 is 0 Å². The predicted molar refractivity (Wildman–Crippen MR) is 47.4 cm³/mol. The lowest BCUT2D eigenvalue weighted by atomic mass is 9.66. The molecule has 1 heteroatoms. The average molecular weight is 156 g/mol.